The average Bonchev–Trinajstić information content (AvgIpc) is 3.08. The first kappa shape index (κ1) is 12.3. The zero-order chi connectivity index (χ0) is 14.7. The Labute approximate surface area is 129 Å². The van der Waals surface area contributed by atoms with Crippen LogP contribution >= 0.6 is 0 Å². The molecule has 0 amide bonds. The van der Waals surface area contributed by atoms with Crippen LogP contribution in [0, 0.1) is 0 Å². The van der Waals surface area contributed by atoms with E-state index in [9.17, 15) is 0 Å². The number of rotatable bonds is 0. The Morgan fingerprint density at radius 2 is 1.86 bits per heavy atom. The van der Waals surface area contributed by atoms with Gasteiger partial charge in [0.25, 0.3) is 0 Å². The molecule has 2 atom stereocenters. The van der Waals surface area contributed by atoms with Crippen molar-refractivity contribution in [2.24, 2.45) is 0 Å². The molecule has 0 bridgehead atoms. The van der Waals surface area contributed by atoms with E-state index in [0.29, 0.717) is 6.04 Å². The van der Waals surface area contributed by atoms with Gasteiger partial charge in [-0.2, -0.15) is 0 Å². The van der Waals surface area contributed by atoms with Crippen molar-refractivity contribution in [3.8, 4) is 0 Å². The van der Waals surface area contributed by atoms with Crippen molar-refractivity contribution in [1.82, 2.24) is 10.3 Å². The van der Waals surface area contributed by atoms with Gasteiger partial charge in [0.15, 0.2) is 0 Å². The third-order valence-corrected chi connectivity index (χ3v) is 5.17. The van der Waals surface area contributed by atoms with Crippen molar-refractivity contribution in [2.45, 2.75) is 24.9 Å². The van der Waals surface area contributed by atoms with Crippen molar-refractivity contribution in [1.29, 1.82) is 0 Å². The molecular weight excluding hydrogens is 270 g/mol. The molecule has 1 spiro atoms. The summed E-state index contributed by atoms with van der Waals surface area (Å²) in [5, 5.41) is 8.83. The Hall–Kier alpha value is -2.26. The predicted octanol–water partition coefficient (Wildman–Crippen LogP) is 3.37. The lowest BCUT2D eigenvalue weighted by Crippen LogP contribution is -2.53. The molecule has 2 aliphatic heterocycles. The smallest absolute Gasteiger partial charge is 0.104 e. The van der Waals surface area contributed by atoms with E-state index in [2.05, 4.69) is 71.1 Å². The van der Waals surface area contributed by atoms with Gasteiger partial charge in [-0.05, 0) is 31.0 Å². The van der Waals surface area contributed by atoms with Crippen molar-refractivity contribution >= 4 is 16.6 Å². The highest BCUT2D eigenvalue weighted by molar-refractivity contribution is 5.86. The molecule has 0 aliphatic carbocycles. The van der Waals surface area contributed by atoms with E-state index in [1.807, 2.05) is 0 Å². The van der Waals surface area contributed by atoms with Crippen molar-refractivity contribution in [3.05, 3.63) is 65.4 Å². The molecular formula is C19H19N3. The largest absolute Gasteiger partial charge is 0.382 e. The summed E-state index contributed by atoms with van der Waals surface area (Å²) in [5.74, 6) is 0. The topological polar surface area (TPSA) is 39.9 Å². The van der Waals surface area contributed by atoms with E-state index < -0.39 is 0 Å². The number of hydrogen-bond acceptors (Lipinski definition) is 2. The van der Waals surface area contributed by atoms with Crippen LogP contribution in [0.5, 0.6) is 0 Å². The molecule has 2 aromatic carbocycles. The molecule has 5 rings (SSSR count). The molecule has 3 heteroatoms. The SMILES string of the molecule is CC1Cc2c([nH]c3ccccc23)C2(CNc3ccccc32)N1. The molecule has 2 unspecified atom stereocenters. The minimum atomic E-state index is -0.136. The maximum Gasteiger partial charge on any atom is 0.104 e. The highest BCUT2D eigenvalue weighted by Crippen LogP contribution is 2.45. The molecule has 0 fully saturated rings. The third-order valence-electron chi connectivity index (χ3n) is 5.17. The molecule has 0 saturated heterocycles. The second kappa shape index (κ2) is 4.14. The first-order chi connectivity index (χ1) is 10.8. The fourth-order valence-corrected chi connectivity index (χ4v) is 4.31. The Morgan fingerprint density at radius 3 is 2.82 bits per heavy atom. The molecule has 2 aliphatic rings. The van der Waals surface area contributed by atoms with Crippen LogP contribution in [-0.2, 0) is 12.0 Å². The van der Waals surface area contributed by atoms with Gasteiger partial charge in [-0.3, -0.25) is 5.32 Å². The second-order valence-electron chi connectivity index (χ2n) is 6.58. The number of fused-ring (bicyclic) bond motifs is 6. The third kappa shape index (κ3) is 1.44. The Bertz CT molecular complexity index is 879. The molecule has 0 saturated carbocycles. The van der Waals surface area contributed by atoms with E-state index in [-0.39, 0.29) is 5.54 Å². The van der Waals surface area contributed by atoms with Crippen LogP contribution in [0.4, 0.5) is 5.69 Å². The molecule has 3 aromatic rings. The lowest BCUT2D eigenvalue weighted by Gasteiger charge is -2.38. The van der Waals surface area contributed by atoms with E-state index in [0.717, 1.165) is 13.0 Å². The van der Waals surface area contributed by atoms with E-state index >= 15 is 0 Å². The second-order valence-corrected chi connectivity index (χ2v) is 6.58. The summed E-state index contributed by atoms with van der Waals surface area (Å²) in [4.78, 5) is 3.71. The minimum absolute atomic E-state index is 0.136. The molecule has 1 aromatic heterocycles. The normalized spacial score (nSPS) is 26.0. The predicted molar refractivity (Wildman–Crippen MR) is 90.3 cm³/mol. The number of anilines is 1. The van der Waals surface area contributed by atoms with Gasteiger partial charge in [0.05, 0.1) is 0 Å². The van der Waals surface area contributed by atoms with Crippen LogP contribution in [0.25, 0.3) is 10.9 Å². The highest BCUT2D eigenvalue weighted by atomic mass is 15.1. The summed E-state index contributed by atoms with van der Waals surface area (Å²) in [6.45, 7) is 3.18. The summed E-state index contributed by atoms with van der Waals surface area (Å²) < 4.78 is 0. The van der Waals surface area contributed by atoms with Crippen LogP contribution in [0.1, 0.15) is 23.7 Å². The summed E-state index contributed by atoms with van der Waals surface area (Å²) in [6.07, 6.45) is 1.07. The molecule has 3 nitrogen and oxygen atoms in total. The number of aromatic amines is 1. The van der Waals surface area contributed by atoms with E-state index in [4.69, 9.17) is 0 Å². The quantitative estimate of drug-likeness (QED) is 0.594. The lowest BCUT2D eigenvalue weighted by atomic mass is 9.80. The summed E-state index contributed by atoms with van der Waals surface area (Å²) in [5.41, 5.74) is 6.52. The number of benzene rings is 2. The fraction of sp³-hybridized carbons (Fsp3) is 0.263. The van der Waals surface area contributed by atoms with E-state index in [1.165, 1.54) is 33.4 Å². The van der Waals surface area contributed by atoms with Crippen molar-refractivity contribution in [3.63, 3.8) is 0 Å². The van der Waals surface area contributed by atoms with Gasteiger partial charge in [0.2, 0.25) is 0 Å². The number of aromatic nitrogens is 1. The molecule has 22 heavy (non-hydrogen) atoms. The van der Waals surface area contributed by atoms with Gasteiger partial charge in [0.1, 0.15) is 5.54 Å². The fourth-order valence-electron chi connectivity index (χ4n) is 4.31. The van der Waals surface area contributed by atoms with Crippen LogP contribution in [0.2, 0.25) is 0 Å². The molecule has 0 radical (unpaired) electrons. The van der Waals surface area contributed by atoms with Gasteiger partial charge in [-0.1, -0.05) is 36.4 Å². The summed E-state index contributed by atoms with van der Waals surface area (Å²) >= 11 is 0. The zero-order valence-corrected chi connectivity index (χ0v) is 12.6. The number of H-pyrrole nitrogens is 1. The van der Waals surface area contributed by atoms with Gasteiger partial charge < -0.3 is 10.3 Å². The molecule has 3 N–H and O–H groups in total. The molecule has 110 valence electrons. The van der Waals surface area contributed by atoms with Crippen LogP contribution < -0.4 is 10.6 Å². The van der Waals surface area contributed by atoms with Crippen LogP contribution in [-0.4, -0.2) is 17.6 Å². The van der Waals surface area contributed by atoms with Crippen LogP contribution in [0.15, 0.2) is 48.5 Å². The average molecular weight is 289 g/mol. The standard InChI is InChI=1S/C19H19N3/c1-12-10-14-13-6-2-4-8-16(13)21-18(14)19(22-12)11-20-17-9-5-3-7-15(17)19/h2-9,12,20-22H,10-11H2,1H3. The van der Waals surface area contributed by atoms with Gasteiger partial charge >= 0.3 is 0 Å². The highest BCUT2D eigenvalue weighted by Gasteiger charge is 2.46. The van der Waals surface area contributed by atoms with Gasteiger partial charge in [-0.25, -0.2) is 0 Å². The maximum absolute atomic E-state index is 3.87. The zero-order valence-electron chi connectivity index (χ0n) is 12.6. The first-order valence-corrected chi connectivity index (χ1v) is 7.99. The monoisotopic (exact) mass is 289 g/mol. The lowest BCUT2D eigenvalue weighted by molar-refractivity contribution is 0.345. The van der Waals surface area contributed by atoms with Gasteiger partial charge in [-0.15, -0.1) is 0 Å². The molecule has 3 heterocycles. The summed E-state index contributed by atoms with van der Waals surface area (Å²) in [6, 6.07) is 17.8. The number of nitrogens with one attached hydrogen (secondary N) is 3. The Kier molecular flexibility index (Phi) is 2.32. The number of hydrogen-bond donors (Lipinski definition) is 3. The maximum atomic E-state index is 3.87. The van der Waals surface area contributed by atoms with Crippen LogP contribution in [0.3, 0.4) is 0 Å². The number of para-hydroxylation sites is 2. The van der Waals surface area contributed by atoms with Crippen molar-refractivity contribution < 1.29 is 0 Å². The Morgan fingerprint density at radius 1 is 1.05 bits per heavy atom. The minimum Gasteiger partial charge on any atom is -0.382 e. The van der Waals surface area contributed by atoms with E-state index in [1.54, 1.807) is 0 Å². The summed E-state index contributed by atoms with van der Waals surface area (Å²) in [7, 11) is 0. The van der Waals surface area contributed by atoms with Gasteiger partial charge in [0, 0.05) is 40.4 Å². The Balaban J connectivity index is 1.84. The van der Waals surface area contributed by atoms with Crippen molar-refractivity contribution in [2.75, 3.05) is 11.9 Å². The first-order valence-electron chi connectivity index (χ1n) is 7.99.